The molecule has 0 aromatic carbocycles. The molecule has 1 saturated heterocycles. The number of rotatable bonds is 2. The van der Waals surface area contributed by atoms with Crippen molar-refractivity contribution < 1.29 is 4.74 Å². The first-order valence-corrected chi connectivity index (χ1v) is 5.55. The van der Waals surface area contributed by atoms with Gasteiger partial charge in [0, 0.05) is 13.1 Å². The number of aryl methyl sites for hydroxylation is 1. The van der Waals surface area contributed by atoms with Gasteiger partial charge in [0.2, 0.25) is 0 Å². The van der Waals surface area contributed by atoms with E-state index in [1.807, 2.05) is 13.0 Å². The molecule has 1 aromatic heterocycles. The molecule has 1 fully saturated rings. The zero-order chi connectivity index (χ0) is 10.7. The number of anilines is 1. The van der Waals surface area contributed by atoms with Crippen LogP contribution in [0.4, 0.5) is 5.82 Å². The Morgan fingerprint density at radius 3 is 3.27 bits per heavy atom. The number of nitrogens with zero attached hydrogens (tertiary/aromatic N) is 3. The van der Waals surface area contributed by atoms with E-state index in [9.17, 15) is 0 Å². The molecule has 4 nitrogen and oxygen atoms in total. The zero-order valence-electron chi connectivity index (χ0n) is 8.69. The SMILES string of the molecule is Cc1cnnc(N2CCOC(CCl)C2)c1. The van der Waals surface area contributed by atoms with Crippen LogP contribution in [0.3, 0.4) is 0 Å². The molecular formula is C10H14ClN3O. The number of hydrogen-bond acceptors (Lipinski definition) is 4. The van der Waals surface area contributed by atoms with Crippen molar-refractivity contribution in [2.75, 3.05) is 30.5 Å². The van der Waals surface area contributed by atoms with Crippen LogP contribution in [0.2, 0.25) is 0 Å². The highest BCUT2D eigenvalue weighted by Gasteiger charge is 2.20. The molecule has 1 atom stereocenters. The lowest BCUT2D eigenvalue weighted by atomic mass is 10.2. The van der Waals surface area contributed by atoms with E-state index in [-0.39, 0.29) is 6.10 Å². The Bertz CT molecular complexity index is 334. The van der Waals surface area contributed by atoms with Crippen LogP contribution in [0, 0.1) is 6.92 Å². The van der Waals surface area contributed by atoms with Crippen molar-refractivity contribution >= 4 is 17.4 Å². The number of morpholine rings is 1. The number of halogens is 1. The predicted octanol–water partition coefficient (Wildman–Crippen LogP) is 1.23. The monoisotopic (exact) mass is 227 g/mol. The minimum absolute atomic E-state index is 0.0997. The third kappa shape index (κ3) is 2.58. The maximum absolute atomic E-state index is 5.78. The third-order valence-corrected chi connectivity index (χ3v) is 2.76. The largest absolute Gasteiger partial charge is 0.373 e. The van der Waals surface area contributed by atoms with E-state index in [2.05, 4.69) is 15.1 Å². The number of hydrogen-bond donors (Lipinski definition) is 0. The second-order valence-corrected chi connectivity index (χ2v) is 3.99. The van der Waals surface area contributed by atoms with Crippen molar-refractivity contribution in [1.29, 1.82) is 0 Å². The minimum Gasteiger partial charge on any atom is -0.373 e. The number of ether oxygens (including phenoxy) is 1. The van der Waals surface area contributed by atoms with Crippen LogP contribution in [0.15, 0.2) is 12.3 Å². The summed E-state index contributed by atoms with van der Waals surface area (Å²) in [5.41, 5.74) is 1.12. The summed E-state index contributed by atoms with van der Waals surface area (Å²) >= 11 is 5.78. The standard InChI is InChI=1S/C10H14ClN3O/c1-8-4-10(13-12-6-8)14-2-3-15-9(5-11)7-14/h4,6,9H,2-3,5,7H2,1H3. The van der Waals surface area contributed by atoms with Gasteiger partial charge in [-0.3, -0.25) is 0 Å². The van der Waals surface area contributed by atoms with Gasteiger partial charge in [0.25, 0.3) is 0 Å². The number of alkyl halides is 1. The van der Waals surface area contributed by atoms with Gasteiger partial charge in [-0.15, -0.1) is 16.7 Å². The van der Waals surface area contributed by atoms with Gasteiger partial charge in [0.1, 0.15) is 0 Å². The molecule has 0 saturated carbocycles. The molecular weight excluding hydrogens is 214 g/mol. The molecule has 0 spiro atoms. The Kier molecular flexibility index (Phi) is 3.38. The normalized spacial score (nSPS) is 21.7. The summed E-state index contributed by atoms with van der Waals surface area (Å²) in [5, 5.41) is 8.05. The molecule has 0 N–H and O–H groups in total. The average molecular weight is 228 g/mol. The summed E-state index contributed by atoms with van der Waals surface area (Å²) in [4.78, 5) is 2.16. The van der Waals surface area contributed by atoms with Crippen LogP contribution in [0.25, 0.3) is 0 Å². The lowest BCUT2D eigenvalue weighted by molar-refractivity contribution is 0.0551. The molecule has 1 aliphatic rings. The first-order valence-electron chi connectivity index (χ1n) is 5.01. The van der Waals surface area contributed by atoms with Crippen LogP contribution in [0.1, 0.15) is 5.56 Å². The van der Waals surface area contributed by atoms with Gasteiger partial charge >= 0.3 is 0 Å². The van der Waals surface area contributed by atoms with E-state index >= 15 is 0 Å². The maximum Gasteiger partial charge on any atom is 0.151 e. The van der Waals surface area contributed by atoms with Crippen molar-refractivity contribution in [3.63, 3.8) is 0 Å². The van der Waals surface area contributed by atoms with Crippen molar-refractivity contribution in [3.8, 4) is 0 Å². The number of aromatic nitrogens is 2. The summed E-state index contributed by atoms with van der Waals surface area (Å²) in [6.45, 7) is 4.36. The highest BCUT2D eigenvalue weighted by atomic mass is 35.5. The molecule has 5 heteroatoms. The fourth-order valence-corrected chi connectivity index (χ4v) is 1.81. The maximum atomic E-state index is 5.78. The highest BCUT2D eigenvalue weighted by molar-refractivity contribution is 6.18. The summed E-state index contributed by atoms with van der Waals surface area (Å²) < 4.78 is 5.49. The second-order valence-electron chi connectivity index (χ2n) is 3.68. The summed E-state index contributed by atoms with van der Waals surface area (Å²) in [5.74, 6) is 1.43. The van der Waals surface area contributed by atoms with Crippen LogP contribution in [-0.4, -0.2) is 41.9 Å². The molecule has 0 aliphatic carbocycles. The molecule has 0 bridgehead atoms. The Balaban J connectivity index is 2.09. The molecule has 2 heterocycles. The van der Waals surface area contributed by atoms with E-state index in [1.165, 1.54) is 0 Å². The van der Waals surface area contributed by atoms with E-state index in [1.54, 1.807) is 6.20 Å². The van der Waals surface area contributed by atoms with Crippen molar-refractivity contribution in [2.24, 2.45) is 0 Å². The van der Waals surface area contributed by atoms with Gasteiger partial charge in [-0.1, -0.05) is 0 Å². The van der Waals surface area contributed by atoms with Gasteiger partial charge in [-0.2, -0.15) is 5.10 Å². The lowest BCUT2D eigenvalue weighted by Gasteiger charge is -2.32. The zero-order valence-corrected chi connectivity index (χ0v) is 9.44. The highest BCUT2D eigenvalue weighted by Crippen LogP contribution is 2.15. The Morgan fingerprint density at radius 1 is 1.67 bits per heavy atom. The molecule has 2 rings (SSSR count). The Hall–Kier alpha value is -0.870. The first kappa shape index (κ1) is 10.6. The summed E-state index contributed by atoms with van der Waals surface area (Å²) in [6.07, 6.45) is 1.85. The molecule has 0 amide bonds. The van der Waals surface area contributed by atoms with E-state index < -0.39 is 0 Å². The smallest absolute Gasteiger partial charge is 0.151 e. The fraction of sp³-hybridized carbons (Fsp3) is 0.600. The average Bonchev–Trinajstić information content (AvgIpc) is 2.29. The Morgan fingerprint density at radius 2 is 2.53 bits per heavy atom. The fourth-order valence-electron chi connectivity index (χ4n) is 1.62. The molecule has 82 valence electrons. The van der Waals surface area contributed by atoms with Gasteiger partial charge in [-0.25, -0.2) is 0 Å². The van der Waals surface area contributed by atoms with Crippen molar-refractivity contribution in [3.05, 3.63) is 17.8 Å². The van der Waals surface area contributed by atoms with Crippen LogP contribution >= 0.6 is 11.6 Å². The molecule has 1 unspecified atom stereocenters. The summed E-state index contributed by atoms with van der Waals surface area (Å²) in [7, 11) is 0. The minimum atomic E-state index is 0.0997. The van der Waals surface area contributed by atoms with Crippen LogP contribution in [0.5, 0.6) is 0 Å². The molecule has 0 radical (unpaired) electrons. The van der Waals surface area contributed by atoms with Crippen LogP contribution in [-0.2, 0) is 4.74 Å². The summed E-state index contributed by atoms with van der Waals surface area (Å²) in [6, 6.07) is 2.03. The third-order valence-electron chi connectivity index (χ3n) is 2.41. The molecule has 1 aromatic rings. The van der Waals surface area contributed by atoms with Gasteiger partial charge in [0.05, 0.1) is 24.8 Å². The van der Waals surface area contributed by atoms with E-state index in [0.717, 1.165) is 24.5 Å². The topological polar surface area (TPSA) is 38.2 Å². The van der Waals surface area contributed by atoms with Gasteiger partial charge < -0.3 is 9.64 Å². The Labute approximate surface area is 94.2 Å². The molecule has 1 aliphatic heterocycles. The van der Waals surface area contributed by atoms with Crippen molar-refractivity contribution in [2.45, 2.75) is 13.0 Å². The second kappa shape index (κ2) is 4.77. The van der Waals surface area contributed by atoms with Gasteiger partial charge in [-0.05, 0) is 18.6 Å². The lowest BCUT2D eigenvalue weighted by Crippen LogP contribution is -2.43. The van der Waals surface area contributed by atoms with E-state index in [4.69, 9.17) is 16.3 Å². The van der Waals surface area contributed by atoms with Crippen molar-refractivity contribution in [1.82, 2.24) is 10.2 Å². The van der Waals surface area contributed by atoms with Gasteiger partial charge in [0.15, 0.2) is 5.82 Å². The van der Waals surface area contributed by atoms with Crippen LogP contribution < -0.4 is 4.90 Å². The quantitative estimate of drug-likeness (QED) is 0.713. The van der Waals surface area contributed by atoms with E-state index in [0.29, 0.717) is 12.5 Å². The molecule has 15 heavy (non-hydrogen) atoms. The first-order chi connectivity index (χ1) is 7.29. The predicted molar refractivity (Wildman–Crippen MR) is 59.4 cm³/mol.